The lowest BCUT2D eigenvalue weighted by atomic mass is 10.1. The van der Waals surface area contributed by atoms with E-state index in [-0.39, 0.29) is 25.4 Å². The zero-order valence-electron chi connectivity index (χ0n) is 17.8. The molecule has 2 aromatic heterocycles. The second-order valence-corrected chi connectivity index (χ2v) is 8.14. The number of hydrogen-bond acceptors (Lipinski definition) is 8. The van der Waals surface area contributed by atoms with Crippen molar-refractivity contribution in [3.05, 3.63) is 60.0 Å². The van der Waals surface area contributed by atoms with Crippen LogP contribution in [-0.4, -0.2) is 40.2 Å². The maximum atomic E-state index is 12.6. The third kappa shape index (κ3) is 5.00. The van der Waals surface area contributed by atoms with E-state index in [1.807, 2.05) is 62.4 Å². The number of thiazole rings is 1. The van der Waals surface area contributed by atoms with Gasteiger partial charge in [0.2, 0.25) is 11.8 Å². The largest absolute Gasteiger partial charge is 0.456 e. The van der Waals surface area contributed by atoms with E-state index in [0.29, 0.717) is 23.5 Å². The predicted molar refractivity (Wildman–Crippen MR) is 121 cm³/mol. The summed E-state index contributed by atoms with van der Waals surface area (Å²) in [6, 6.07) is 15.4. The minimum absolute atomic E-state index is 0.0378. The fraction of sp³-hybridized carbons (Fsp3) is 0.261. The quantitative estimate of drug-likeness (QED) is 0.371. The molecule has 9 heteroatoms. The van der Waals surface area contributed by atoms with Gasteiger partial charge in [-0.05, 0) is 38.1 Å². The summed E-state index contributed by atoms with van der Waals surface area (Å²) in [5.41, 5.74) is 2.79. The van der Waals surface area contributed by atoms with Crippen LogP contribution in [0.1, 0.15) is 24.8 Å². The van der Waals surface area contributed by atoms with Gasteiger partial charge in [0.05, 0.1) is 16.6 Å². The van der Waals surface area contributed by atoms with Crippen LogP contribution in [0.15, 0.2) is 52.9 Å². The SMILES string of the molecule is CCN(C(=O)COC(=O)CCc1nnc(-c2ccc(C)cc2)o1)c1nc2ccccc2s1. The molecule has 0 N–H and O–H groups in total. The number of carbonyl (C=O) groups excluding carboxylic acids is 2. The van der Waals surface area contributed by atoms with Crippen LogP contribution in [0.2, 0.25) is 0 Å². The maximum Gasteiger partial charge on any atom is 0.306 e. The third-order valence-corrected chi connectivity index (χ3v) is 5.86. The fourth-order valence-corrected chi connectivity index (χ4v) is 4.11. The van der Waals surface area contributed by atoms with Crippen LogP contribution < -0.4 is 4.90 Å². The van der Waals surface area contributed by atoms with Gasteiger partial charge in [0.15, 0.2) is 11.7 Å². The molecule has 4 aromatic rings. The number of likely N-dealkylation sites (N-methyl/N-ethyl adjacent to an activating group) is 1. The van der Waals surface area contributed by atoms with Crippen LogP contribution in [0.5, 0.6) is 0 Å². The molecule has 1 amide bonds. The van der Waals surface area contributed by atoms with Gasteiger partial charge < -0.3 is 9.15 Å². The lowest BCUT2D eigenvalue weighted by Crippen LogP contribution is -2.34. The molecule has 0 atom stereocenters. The lowest BCUT2D eigenvalue weighted by molar-refractivity contribution is -0.147. The van der Waals surface area contributed by atoms with E-state index in [1.165, 1.54) is 16.2 Å². The molecule has 32 heavy (non-hydrogen) atoms. The van der Waals surface area contributed by atoms with Gasteiger partial charge in [-0.3, -0.25) is 14.5 Å². The van der Waals surface area contributed by atoms with E-state index < -0.39 is 5.97 Å². The molecule has 164 valence electrons. The number of aromatic nitrogens is 3. The van der Waals surface area contributed by atoms with Crippen LogP contribution in [0, 0.1) is 6.92 Å². The lowest BCUT2D eigenvalue weighted by Gasteiger charge is -2.17. The van der Waals surface area contributed by atoms with Gasteiger partial charge >= 0.3 is 5.97 Å². The summed E-state index contributed by atoms with van der Waals surface area (Å²) in [6.07, 6.45) is 0.275. The first-order valence-corrected chi connectivity index (χ1v) is 11.1. The summed E-state index contributed by atoms with van der Waals surface area (Å²) < 4.78 is 11.8. The van der Waals surface area contributed by atoms with Crippen LogP contribution >= 0.6 is 11.3 Å². The molecule has 0 saturated heterocycles. The van der Waals surface area contributed by atoms with Crippen molar-refractivity contribution in [2.45, 2.75) is 26.7 Å². The Hall–Kier alpha value is -3.59. The number of carbonyl (C=O) groups is 2. The molecule has 0 aliphatic heterocycles. The summed E-state index contributed by atoms with van der Waals surface area (Å²) in [5.74, 6) is -0.0837. The number of benzene rings is 2. The standard InChI is InChI=1S/C23H22N4O4S/c1-3-27(23-24-17-6-4-5-7-18(17)32-23)20(28)14-30-21(29)13-12-19-25-26-22(31-19)16-10-8-15(2)9-11-16/h4-11H,3,12-14H2,1-2H3. The number of anilines is 1. The summed E-state index contributed by atoms with van der Waals surface area (Å²) in [6.45, 7) is 3.94. The molecule has 0 spiro atoms. The van der Waals surface area contributed by atoms with Gasteiger partial charge in [-0.25, -0.2) is 4.98 Å². The smallest absolute Gasteiger partial charge is 0.306 e. The Labute approximate surface area is 188 Å². The summed E-state index contributed by atoms with van der Waals surface area (Å²) in [5, 5.41) is 8.58. The maximum absolute atomic E-state index is 12.6. The molecule has 8 nitrogen and oxygen atoms in total. The van der Waals surface area contributed by atoms with Crippen molar-refractivity contribution < 1.29 is 18.7 Å². The summed E-state index contributed by atoms with van der Waals surface area (Å²) in [4.78, 5) is 30.7. The molecule has 0 radical (unpaired) electrons. The molecule has 0 unspecified atom stereocenters. The number of para-hydroxylation sites is 1. The summed E-state index contributed by atoms with van der Waals surface area (Å²) >= 11 is 1.43. The Morgan fingerprint density at radius 1 is 1.09 bits per heavy atom. The number of nitrogens with zero attached hydrogens (tertiary/aromatic N) is 4. The average molecular weight is 451 g/mol. The first kappa shape index (κ1) is 21.6. The molecule has 0 aliphatic rings. The number of hydrogen-bond donors (Lipinski definition) is 0. The number of ether oxygens (including phenoxy) is 1. The Kier molecular flexibility index (Phi) is 6.55. The van der Waals surface area contributed by atoms with E-state index in [0.717, 1.165) is 21.3 Å². The first-order valence-electron chi connectivity index (χ1n) is 10.2. The van der Waals surface area contributed by atoms with Crippen LogP contribution in [0.4, 0.5) is 5.13 Å². The summed E-state index contributed by atoms with van der Waals surface area (Å²) in [7, 11) is 0. The Bertz CT molecular complexity index is 1200. The number of rotatable bonds is 8. The fourth-order valence-electron chi connectivity index (χ4n) is 3.06. The zero-order chi connectivity index (χ0) is 22.5. The molecular formula is C23H22N4O4S. The third-order valence-electron chi connectivity index (χ3n) is 4.80. The van der Waals surface area contributed by atoms with Gasteiger partial charge in [0, 0.05) is 18.5 Å². The second-order valence-electron chi connectivity index (χ2n) is 7.13. The Morgan fingerprint density at radius 3 is 2.62 bits per heavy atom. The Morgan fingerprint density at radius 2 is 1.88 bits per heavy atom. The monoisotopic (exact) mass is 450 g/mol. The van der Waals surface area contributed by atoms with E-state index >= 15 is 0 Å². The normalized spacial score (nSPS) is 10.9. The minimum Gasteiger partial charge on any atom is -0.456 e. The minimum atomic E-state index is -0.506. The zero-order valence-corrected chi connectivity index (χ0v) is 18.6. The number of fused-ring (bicyclic) bond motifs is 1. The van der Waals surface area contributed by atoms with Crippen molar-refractivity contribution in [1.29, 1.82) is 0 Å². The molecule has 2 heterocycles. The molecule has 0 saturated carbocycles. The van der Waals surface area contributed by atoms with E-state index in [1.54, 1.807) is 0 Å². The predicted octanol–water partition coefficient (Wildman–Crippen LogP) is 4.18. The highest BCUT2D eigenvalue weighted by Crippen LogP contribution is 2.28. The van der Waals surface area contributed by atoms with Gasteiger partial charge in [-0.2, -0.15) is 0 Å². The van der Waals surface area contributed by atoms with Crippen LogP contribution in [-0.2, 0) is 20.7 Å². The van der Waals surface area contributed by atoms with Crippen molar-refractivity contribution in [3.8, 4) is 11.5 Å². The number of esters is 1. The Balaban J connectivity index is 1.28. The van der Waals surface area contributed by atoms with Gasteiger partial charge in [0.25, 0.3) is 5.91 Å². The van der Waals surface area contributed by atoms with Crippen molar-refractivity contribution in [3.63, 3.8) is 0 Å². The molecule has 0 fully saturated rings. The van der Waals surface area contributed by atoms with Gasteiger partial charge in [0.1, 0.15) is 0 Å². The number of amides is 1. The van der Waals surface area contributed by atoms with E-state index in [4.69, 9.17) is 9.15 Å². The van der Waals surface area contributed by atoms with Crippen molar-refractivity contribution >= 4 is 38.6 Å². The average Bonchev–Trinajstić information content (AvgIpc) is 3.44. The highest BCUT2D eigenvalue weighted by atomic mass is 32.1. The highest BCUT2D eigenvalue weighted by molar-refractivity contribution is 7.22. The van der Waals surface area contributed by atoms with Crippen LogP contribution in [0.3, 0.4) is 0 Å². The molecule has 2 aromatic carbocycles. The van der Waals surface area contributed by atoms with Gasteiger partial charge in [-0.1, -0.05) is 41.2 Å². The second kappa shape index (κ2) is 9.69. The molecule has 0 bridgehead atoms. The van der Waals surface area contributed by atoms with Crippen molar-refractivity contribution in [2.75, 3.05) is 18.1 Å². The highest BCUT2D eigenvalue weighted by Gasteiger charge is 2.20. The molecular weight excluding hydrogens is 428 g/mol. The van der Waals surface area contributed by atoms with Gasteiger partial charge in [-0.15, -0.1) is 10.2 Å². The molecule has 4 rings (SSSR count). The number of aryl methyl sites for hydroxylation is 2. The topological polar surface area (TPSA) is 98.4 Å². The van der Waals surface area contributed by atoms with Crippen LogP contribution in [0.25, 0.3) is 21.7 Å². The molecule has 0 aliphatic carbocycles. The van der Waals surface area contributed by atoms with E-state index in [2.05, 4.69) is 15.2 Å². The van der Waals surface area contributed by atoms with Crippen molar-refractivity contribution in [2.24, 2.45) is 0 Å². The first-order chi connectivity index (χ1) is 15.5. The van der Waals surface area contributed by atoms with E-state index in [9.17, 15) is 9.59 Å². The van der Waals surface area contributed by atoms with Crippen molar-refractivity contribution in [1.82, 2.24) is 15.2 Å².